The van der Waals surface area contributed by atoms with Crippen molar-refractivity contribution in [3.63, 3.8) is 0 Å². The molecule has 0 radical (unpaired) electrons. The second kappa shape index (κ2) is 10.4. The first-order chi connectivity index (χ1) is 12.2. The first kappa shape index (κ1) is 18.9. The van der Waals surface area contributed by atoms with Gasteiger partial charge in [0.2, 0.25) is 0 Å². The van der Waals surface area contributed by atoms with Crippen molar-refractivity contribution < 1.29 is 9.53 Å². The Bertz CT molecular complexity index is 629. The van der Waals surface area contributed by atoms with E-state index in [-0.39, 0.29) is 5.97 Å². The van der Waals surface area contributed by atoms with Gasteiger partial charge in [0.1, 0.15) is 11.6 Å². The maximum Gasteiger partial charge on any atom is 0.305 e. The first-order valence-electron chi connectivity index (χ1n) is 8.97. The number of unbranched alkanes of at least 4 members (excludes halogenated alkanes) is 3. The molecule has 0 saturated heterocycles. The predicted molar refractivity (Wildman–Crippen MR) is 99.9 cm³/mol. The van der Waals surface area contributed by atoms with Crippen molar-refractivity contribution in [2.45, 2.75) is 46.0 Å². The molecule has 0 atom stereocenters. The van der Waals surface area contributed by atoms with Crippen molar-refractivity contribution in [2.24, 2.45) is 0 Å². The summed E-state index contributed by atoms with van der Waals surface area (Å²) in [5.74, 6) is 1.72. The second-order valence-corrected chi connectivity index (χ2v) is 6.00. The third-order valence-electron chi connectivity index (χ3n) is 3.92. The number of nitrogens with zero attached hydrogens (tertiary/aromatic N) is 3. The summed E-state index contributed by atoms with van der Waals surface area (Å²) in [5.41, 5.74) is 1.14. The largest absolute Gasteiger partial charge is 0.466 e. The van der Waals surface area contributed by atoms with E-state index < -0.39 is 0 Å². The lowest BCUT2D eigenvalue weighted by Gasteiger charge is -2.22. The van der Waals surface area contributed by atoms with Crippen molar-refractivity contribution in [1.29, 1.82) is 0 Å². The van der Waals surface area contributed by atoms with Gasteiger partial charge >= 0.3 is 5.97 Å². The number of pyridine rings is 2. The van der Waals surface area contributed by atoms with Gasteiger partial charge < -0.3 is 9.64 Å². The van der Waals surface area contributed by atoms with E-state index in [4.69, 9.17) is 4.74 Å². The van der Waals surface area contributed by atoms with Crippen LogP contribution in [0.15, 0.2) is 42.7 Å². The maximum absolute atomic E-state index is 11.3. The van der Waals surface area contributed by atoms with Crippen LogP contribution in [0, 0.1) is 6.92 Å². The Balaban J connectivity index is 1.85. The molecular formula is C20H27N3O2. The summed E-state index contributed by atoms with van der Waals surface area (Å²) < 4.78 is 4.95. The van der Waals surface area contributed by atoms with E-state index in [2.05, 4.69) is 20.9 Å². The minimum absolute atomic E-state index is 0.0959. The van der Waals surface area contributed by atoms with Crippen molar-refractivity contribution in [3.8, 4) is 0 Å². The molecule has 0 fully saturated rings. The van der Waals surface area contributed by atoms with Crippen LogP contribution in [0.2, 0.25) is 0 Å². The van der Waals surface area contributed by atoms with E-state index in [1.54, 1.807) is 6.20 Å². The van der Waals surface area contributed by atoms with E-state index >= 15 is 0 Å². The third kappa shape index (κ3) is 6.53. The van der Waals surface area contributed by atoms with Gasteiger partial charge in [0.05, 0.1) is 6.61 Å². The van der Waals surface area contributed by atoms with Crippen LogP contribution >= 0.6 is 0 Å². The van der Waals surface area contributed by atoms with Crippen molar-refractivity contribution in [3.05, 3.63) is 48.3 Å². The van der Waals surface area contributed by atoms with Crippen LogP contribution in [-0.2, 0) is 9.53 Å². The van der Waals surface area contributed by atoms with E-state index in [1.807, 2.05) is 44.3 Å². The van der Waals surface area contributed by atoms with E-state index in [0.29, 0.717) is 13.0 Å². The molecule has 0 aliphatic heterocycles. The molecule has 0 amide bonds. The smallest absolute Gasteiger partial charge is 0.305 e. The molecule has 25 heavy (non-hydrogen) atoms. The quantitative estimate of drug-likeness (QED) is 0.472. The molecule has 0 aromatic carbocycles. The number of carbonyl (C=O) groups is 1. The van der Waals surface area contributed by atoms with Crippen LogP contribution in [0.4, 0.5) is 11.6 Å². The number of hydrogen-bond acceptors (Lipinski definition) is 5. The minimum atomic E-state index is -0.0959. The molecule has 5 heteroatoms. The minimum Gasteiger partial charge on any atom is -0.466 e. The number of rotatable bonds is 10. The average molecular weight is 341 g/mol. The molecule has 2 heterocycles. The molecule has 0 aliphatic carbocycles. The Morgan fingerprint density at radius 2 is 1.84 bits per heavy atom. The van der Waals surface area contributed by atoms with E-state index in [0.717, 1.165) is 49.4 Å². The fourth-order valence-corrected chi connectivity index (χ4v) is 2.61. The fraction of sp³-hybridized carbons (Fsp3) is 0.450. The molecule has 2 aromatic heterocycles. The van der Waals surface area contributed by atoms with Crippen molar-refractivity contribution in [2.75, 3.05) is 18.1 Å². The van der Waals surface area contributed by atoms with Gasteiger partial charge in [-0.25, -0.2) is 9.97 Å². The van der Waals surface area contributed by atoms with Crippen molar-refractivity contribution in [1.82, 2.24) is 9.97 Å². The zero-order valence-corrected chi connectivity index (χ0v) is 15.1. The topological polar surface area (TPSA) is 55.3 Å². The molecule has 0 unspecified atom stereocenters. The molecule has 0 spiro atoms. The van der Waals surface area contributed by atoms with Gasteiger partial charge in [0, 0.05) is 25.4 Å². The molecule has 0 aliphatic rings. The molecule has 5 nitrogen and oxygen atoms in total. The highest BCUT2D eigenvalue weighted by atomic mass is 16.5. The van der Waals surface area contributed by atoms with Crippen LogP contribution in [0.25, 0.3) is 0 Å². The highest BCUT2D eigenvalue weighted by Crippen LogP contribution is 2.22. The molecule has 2 rings (SSSR count). The van der Waals surface area contributed by atoms with Gasteiger partial charge in [0.15, 0.2) is 0 Å². The van der Waals surface area contributed by atoms with Crippen LogP contribution in [0.1, 0.15) is 44.6 Å². The third-order valence-corrected chi connectivity index (χ3v) is 3.92. The Labute approximate surface area is 150 Å². The van der Waals surface area contributed by atoms with Gasteiger partial charge in [-0.15, -0.1) is 0 Å². The Hall–Kier alpha value is -2.43. The monoisotopic (exact) mass is 341 g/mol. The predicted octanol–water partition coefficient (Wildman–Crippen LogP) is 4.44. The highest BCUT2D eigenvalue weighted by molar-refractivity contribution is 5.69. The number of ether oxygens (including phenoxy) is 1. The van der Waals surface area contributed by atoms with Gasteiger partial charge in [-0.05, 0) is 50.5 Å². The average Bonchev–Trinajstić information content (AvgIpc) is 2.63. The van der Waals surface area contributed by atoms with Crippen LogP contribution in [0.5, 0.6) is 0 Å². The first-order valence-corrected chi connectivity index (χ1v) is 8.97. The lowest BCUT2D eigenvalue weighted by atomic mass is 10.1. The van der Waals surface area contributed by atoms with Crippen molar-refractivity contribution >= 4 is 17.6 Å². The zero-order valence-electron chi connectivity index (χ0n) is 15.1. The molecule has 134 valence electrons. The van der Waals surface area contributed by atoms with E-state index in [1.165, 1.54) is 0 Å². The second-order valence-electron chi connectivity index (χ2n) is 6.00. The molecule has 2 aromatic rings. The maximum atomic E-state index is 11.3. The molecule has 0 saturated carbocycles. The van der Waals surface area contributed by atoms with E-state index in [9.17, 15) is 4.79 Å². The summed E-state index contributed by atoms with van der Waals surface area (Å²) in [4.78, 5) is 22.5. The summed E-state index contributed by atoms with van der Waals surface area (Å²) in [7, 11) is 0. The highest BCUT2D eigenvalue weighted by Gasteiger charge is 2.11. The number of carbonyl (C=O) groups excluding carboxylic acids is 1. The standard InChI is InChI=1S/C20H27N3O2/c1-3-25-20(24)11-6-4-5-9-15-23(18-10-7-8-14-21-18)19-13-12-17(2)16-22-19/h7-8,10,12-14,16H,3-6,9,11,15H2,1-2H3. The SMILES string of the molecule is CCOC(=O)CCCCCCN(c1ccccn1)c1ccc(C)cn1. The Morgan fingerprint density at radius 3 is 2.52 bits per heavy atom. The lowest BCUT2D eigenvalue weighted by Crippen LogP contribution is -2.20. The van der Waals surface area contributed by atoms with Crippen LogP contribution < -0.4 is 4.90 Å². The normalized spacial score (nSPS) is 10.5. The lowest BCUT2D eigenvalue weighted by molar-refractivity contribution is -0.143. The number of aromatic nitrogens is 2. The summed E-state index contributed by atoms with van der Waals surface area (Å²) in [6.45, 7) is 5.18. The van der Waals surface area contributed by atoms with Gasteiger partial charge in [0.25, 0.3) is 0 Å². The van der Waals surface area contributed by atoms with Gasteiger partial charge in [-0.1, -0.05) is 25.0 Å². The van der Waals surface area contributed by atoms with Gasteiger partial charge in [-0.2, -0.15) is 0 Å². The Kier molecular flexibility index (Phi) is 7.89. The van der Waals surface area contributed by atoms with Crippen LogP contribution in [-0.4, -0.2) is 29.1 Å². The summed E-state index contributed by atoms with van der Waals surface area (Å²) in [5, 5.41) is 0. The molecular weight excluding hydrogens is 314 g/mol. The number of aryl methyl sites for hydroxylation is 1. The fourth-order valence-electron chi connectivity index (χ4n) is 2.61. The summed E-state index contributed by atoms with van der Waals surface area (Å²) in [6.07, 6.45) is 8.18. The summed E-state index contributed by atoms with van der Waals surface area (Å²) >= 11 is 0. The number of anilines is 2. The van der Waals surface area contributed by atoms with Gasteiger partial charge in [-0.3, -0.25) is 4.79 Å². The number of esters is 1. The summed E-state index contributed by atoms with van der Waals surface area (Å²) in [6, 6.07) is 10.0. The molecule has 0 bridgehead atoms. The number of hydrogen-bond donors (Lipinski definition) is 0. The van der Waals surface area contributed by atoms with Crippen LogP contribution in [0.3, 0.4) is 0 Å². The zero-order chi connectivity index (χ0) is 17.9. The Morgan fingerprint density at radius 1 is 1.04 bits per heavy atom. The molecule has 0 N–H and O–H groups in total.